The minimum absolute atomic E-state index is 0.0362. The topological polar surface area (TPSA) is 62.6 Å². The van der Waals surface area contributed by atoms with Gasteiger partial charge in [-0.25, -0.2) is 4.79 Å². The fourth-order valence-electron chi connectivity index (χ4n) is 1.87. The summed E-state index contributed by atoms with van der Waals surface area (Å²) in [6.07, 6.45) is 0.810. The van der Waals surface area contributed by atoms with E-state index in [-0.39, 0.29) is 18.5 Å². The molecule has 0 aliphatic heterocycles. The van der Waals surface area contributed by atoms with Gasteiger partial charge in [-0.15, -0.1) is 0 Å². The third-order valence-electron chi connectivity index (χ3n) is 3.20. The maximum absolute atomic E-state index is 11.8. The highest BCUT2D eigenvalue weighted by Crippen LogP contribution is 2.22. The van der Waals surface area contributed by atoms with Gasteiger partial charge >= 0.3 is 6.03 Å². The molecule has 0 aliphatic rings. The molecule has 0 aliphatic carbocycles. The van der Waals surface area contributed by atoms with E-state index in [0.29, 0.717) is 16.6 Å². The third-order valence-corrected chi connectivity index (χ3v) is 3.93. The summed E-state index contributed by atoms with van der Waals surface area (Å²) in [7, 11) is 1.87. The van der Waals surface area contributed by atoms with E-state index < -0.39 is 6.03 Å². The SMILES string of the molecule is CC[C@@H](C)NC(=O)NC(=O)C[NH+](C)Cc1ccc(Cl)c(Cl)c1. The van der Waals surface area contributed by atoms with Gasteiger partial charge in [0.25, 0.3) is 5.91 Å². The van der Waals surface area contributed by atoms with Crippen molar-refractivity contribution in [1.82, 2.24) is 10.6 Å². The van der Waals surface area contributed by atoms with Crippen molar-refractivity contribution in [3.63, 3.8) is 0 Å². The van der Waals surface area contributed by atoms with Gasteiger partial charge in [0.2, 0.25) is 0 Å². The molecule has 122 valence electrons. The number of carbonyl (C=O) groups is 2. The maximum atomic E-state index is 11.8. The Morgan fingerprint density at radius 3 is 2.55 bits per heavy atom. The molecule has 0 saturated heterocycles. The lowest BCUT2D eigenvalue weighted by Crippen LogP contribution is -3.09. The van der Waals surface area contributed by atoms with Gasteiger partial charge in [0.15, 0.2) is 6.54 Å². The number of carbonyl (C=O) groups excluding carboxylic acids is 2. The first-order valence-electron chi connectivity index (χ1n) is 7.17. The smallest absolute Gasteiger partial charge is 0.321 e. The van der Waals surface area contributed by atoms with Crippen LogP contribution in [0, 0.1) is 0 Å². The molecule has 7 heteroatoms. The van der Waals surface area contributed by atoms with Gasteiger partial charge in [-0.05, 0) is 25.5 Å². The number of quaternary nitrogens is 1. The molecule has 1 unspecified atom stereocenters. The Bertz CT molecular complexity index is 538. The van der Waals surface area contributed by atoms with Gasteiger partial charge in [0, 0.05) is 11.6 Å². The number of imide groups is 1. The molecule has 3 N–H and O–H groups in total. The molecule has 0 spiro atoms. The highest BCUT2D eigenvalue weighted by atomic mass is 35.5. The monoisotopic (exact) mass is 346 g/mol. The third kappa shape index (κ3) is 6.64. The van der Waals surface area contributed by atoms with E-state index in [4.69, 9.17) is 23.2 Å². The Morgan fingerprint density at radius 2 is 1.95 bits per heavy atom. The summed E-state index contributed by atoms with van der Waals surface area (Å²) in [5, 5.41) is 6.00. The molecule has 5 nitrogen and oxygen atoms in total. The Morgan fingerprint density at radius 1 is 1.27 bits per heavy atom. The van der Waals surface area contributed by atoms with E-state index in [0.717, 1.165) is 16.9 Å². The van der Waals surface area contributed by atoms with Crippen molar-refractivity contribution in [2.45, 2.75) is 32.9 Å². The number of nitrogens with one attached hydrogen (secondary N) is 3. The van der Waals surface area contributed by atoms with Gasteiger partial charge in [-0.1, -0.05) is 36.2 Å². The Kier molecular flexibility index (Phi) is 7.65. The van der Waals surface area contributed by atoms with E-state index in [2.05, 4.69) is 10.6 Å². The van der Waals surface area contributed by atoms with Crippen LogP contribution in [0.3, 0.4) is 0 Å². The van der Waals surface area contributed by atoms with Crippen LogP contribution in [-0.2, 0) is 11.3 Å². The number of amides is 3. The summed E-state index contributed by atoms with van der Waals surface area (Å²) < 4.78 is 0. The molecule has 0 radical (unpaired) electrons. The Hall–Kier alpha value is -1.30. The van der Waals surface area contributed by atoms with Gasteiger partial charge in [0.1, 0.15) is 6.54 Å². The van der Waals surface area contributed by atoms with Crippen molar-refractivity contribution in [1.29, 1.82) is 0 Å². The molecule has 22 heavy (non-hydrogen) atoms. The van der Waals surface area contributed by atoms with Crippen LogP contribution < -0.4 is 15.5 Å². The standard InChI is InChI=1S/C15H21Cl2N3O2/c1-4-10(2)18-15(22)19-14(21)9-20(3)8-11-5-6-12(16)13(17)7-11/h5-7,10H,4,8-9H2,1-3H3,(H2,18,19,21,22)/p+1/t10-/m1/s1. The van der Waals surface area contributed by atoms with Crippen LogP contribution in [0.4, 0.5) is 4.79 Å². The van der Waals surface area contributed by atoms with Crippen LogP contribution in [0.2, 0.25) is 10.0 Å². The van der Waals surface area contributed by atoms with E-state index in [1.54, 1.807) is 12.1 Å². The van der Waals surface area contributed by atoms with Crippen LogP contribution in [0.15, 0.2) is 18.2 Å². The predicted octanol–water partition coefficient (Wildman–Crippen LogP) is 1.63. The second-order valence-electron chi connectivity index (χ2n) is 5.39. The molecule has 1 aromatic carbocycles. The average molecular weight is 347 g/mol. The van der Waals surface area contributed by atoms with E-state index in [1.807, 2.05) is 27.0 Å². The van der Waals surface area contributed by atoms with Gasteiger partial charge in [-0.3, -0.25) is 10.1 Å². The van der Waals surface area contributed by atoms with Crippen molar-refractivity contribution >= 4 is 35.1 Å². The number of likely N-dealkylation sites (N-methyl/N-ethyl adjacent to an activating group) is 1. The highest BCUT2D eigenvalue weighted by molar-refractivity contribution is 6.42. The largest absolute Gasteiger partial charge is 0.335 e. The minimum atomic E-state index is -0.457. The number of hydrogen-bond donors (Lipinski definition) is 3. The first-order valence-corrected chi connectivity index (χ1v) is 7.93. The summed E-state index contributed by atoms with van der Waals surface area (Å²) in [6.45, 7) is 4.64. The lowest BCUT2D eigenvalue weighted by atomic mass is 10.2. The minimum Gasteiger partial charge on any atom is -0.335 e. The second kappa shape index (κ2) is 8.98. The summed E-state index contributed by atoms with van der Waals surface area (Å²) >= 11 is 11.8. The first kappa shape index (κ1) is 18.7. The average Bonchev–Trinajstić information content (AvgIpc) is 2.42. The van der Waals surface area contributed by atoms with E-state index >= 15 is 0 Å². The second-order valence-corrected chi connectivity index (χ2v) is 6.20. The maximum Gasteiger partial charge on any atom is 0.321 e. The molecule has 0 saturated carbocycles. The highest BCUT2D eigenvalue weighted by Gasteiger charge is 2.14. The molecule has 0 aromatic heterocycles. The predicted molar refractivity (Wildman–Crippen MR) is 88.3 cm³/mol. The van der Waals surface area contributed by atoms with Crippen molar-refractivity contribution in [2.24, 2.45) is 0 Å². The van der Waals surface area contributed by atoms with Gasteiger partial charge < -0.3 is 10.2 Å². The molecule has 3 amide bonds. The Balaban J connectivity index is 2.43. The summed E-state index contributed by atoms with van der Waals surface area (Å²) in [5.41, 5.74) is 0.976. The van der Waals surface area contributed by atoms with Crippen LogP contribution >= 0.6 is 23.2 Å². The van der Waals surface area contributed by atoms with E-state index in [1.165, 1.54) is 0 Å². The zero-order chi connectivity index (χ0) is 16.7. The first-order chi connectivity index (χ1) is 10.3. The number of rotatable bonds is 6. The lowest BCUT2D eigenvalue weighted by Gasteiger charge is -2.15. The van der Waals surface area contributed by atoms with Gasteiger partial charge in [-0.2, -0.15) is 0 Å². The fraction of sp³-hybridized carbons (Fsp3) is 0.467. The molecule has 2 atom stereocenters. The van der Waals surface area contributed by atoms with Crippen molar-refractivity contribution < 1.29 is 14.5 Å². The van der Waals surface area contributed by atoms with Crippen molar-refractivity contribution in [3.05, 3.63) is 33.8 Å². The fourth-order valence-corrected chi connectivity index (χ4v) is 2.19. The molecule has 0 heterocycles. The molecule has 1 aromatic rings. The van der Waals surface area contributed by atoms with Crippen LogP contribution in [-0.4, -0.2) is 31.6 Å². The lowest BCUT2D eigenvalue weighted by molar-refractivity contribution is -0.885. The summed E-state index contributed by atoms with van der Waals surface area (Å²) in [4.78, 5) is 24.3. The summed E-state index contributed by atoms with van der Waals surface area (Å²) in [6, 6.07) is 4.95. The quantitative estimate of drug-likeness (QED) is 0.733. The van der Waals surface area contributed by atoms with Crippen molar-refractivity contribution in [3.8, 4) is 0 Å². The normalized spacial score (nSPS) is 13.3. The van der Waals surface area contributed by atoms with Crippen molar-refractivity contribution in [2.75, 3.05) is 13.6 Å². The number of hydrogen-bond acceptors (Lipinski definition) is 2. The van der Waals surface area contributed by atoms with Gasteiger partial charge in [0.05, 0.1) is 17.1 Å². The molecule has 1 rings (SSSR count). The summed E-state index contributed by atoms with van der Waals surface area (Å²) in [5.74, 6) is -0.321. The molecule has 0 bridgehead atoms. The van der Waals surface area contributed by atoms with E-state index in [9.17, 15) is 9.59 Å². The molecular weight excluding hydrogens is 325 g/mol. The molecular formula is C15H22Cl2N3O2+. The zero-order valence-electron chi connectivity index (χ0n) is 13.0. The van der Waals surface area contributed by atoms with Crippen LogP contribution in [0.1, 0.15) is 25.8 Å². The van der Waals surface area contributed by atoms with Crippen LogP contribution in [0.5, 0.6) is 0 Å². The number of halogens is 2. The van der Waals surface area contributed by atoms with Crippen LogP contribution in [0.25, 0.3) is 0 Å². The number of urea groups is 1. The number of benzene rings is 1. The Labute approximate surface area is 141 Å². The zero-order valence-corrected chi connectivity index (χ0v) is 14.5. The molecule has 0 fully saturated rings.